The largest absolute Gasteiger partial charge is 0.393 e. The molecular formula is C16H28F3N. The monoisotopic (exact) mass is 291 g/mol. The highest BCUT2D eigenvalue weighted by atomic mass is 19.4. The lowest BCUT2D eigenvalue weighted by molar-refractivity contribution is -0.190. The molecule has 0 spiro atoms. The summed E-state index contributed by atoms with van der Waals surface area (Å²) < 4.78 is 39.5. The minimum atomic E-state index is -4.04. The van der Waals surface area contributed by atoms with E-state index in [1.807, 2.05) is 0 Å². The molecular weight excluding hydrogens is 263 g/mol. The van der Waals surface area contributed by atoms with Crippen LogP contribution in [0.2, 0.25) is 0 Å². The van der Waals surface area contributed by atoms with Crippen LogP contribution in [0.5, 0.6) is 0 Å². The average Bonchev–Trinajstić information content (AvgIpc) is 2.38. The Balaban J connectivity index is 2.01. The van der Waals surface area contributed by atoms with Crippen LogP contribution in [0.1, 0.15) is 65.2 Å². The van der Waals surface area contributed by atoms with Crippen LogP contribution >= 0.6 is 0 Å². The second kappa shape index (κ2) is 6.67. The molecule has 20 heavy (non-hydrogen) atoms. The molecule has 118 valence electrons. The summed E-state index contributed by atoms with van der Waals surface area (Å²) >= 11 is 0. The van der Waals surface area contributed by atoms with Gasteiger partial charge in [0, 0.05) is 12.1 Å². The molecule has 0 radical (unpaired) electrons. The highest BCUT2D eigenvalue weighted by Crippen LogP contribution is 2.39. The Morgan fingerprint density at radius 2 is 1.40 bits per heavy atom. The number of hydrogen-bond donors (Lipinski definition) is 1. The SMILES string of the molecule is CC(C)C1CCCCC1NC1CCCCC1C(F)(F)F. The van der Waals surface area contributed by atoms with E-state index in [-0.39, 0.29) is 12.1 Å². The van der Waals surface area contributed by atoms with Gasteiger partial charge in [-0.3, -0.25) is 0 Å². The maximum Gasteiger partial charge on any atom is 0.393 e. The van der Waals surface area contributed by atoms with E-state index in [1.165, 1.54) is 12.8 Å². The van der Waals surface area contributed by atoms with E-state index in [2.05, 4.69) is 19.2 Å². The molecule has 0 heterocycles. The Morgan fingerprint density at radius 1 is 0.850 bits per heavy atom. The molecule has 1 N–H and O–H groups in total. The summed E-state index contributed by atoms with van der Waals surface area (Å²) in [6.45, 7) is 4.40. The zero-order chi connectivity index (χ0) is 14.8. The van der Waals surface area contributed by atoms with Gasteiger partial charge in [-0.1, -0.05) is 39.5 Å². The molecule has 2 aliphatic carbocycles. The van der Waals surface area contributed by atoms with Crippen LogP contribution in [0, 0.1) is 17.8 Å². The Kier molecular flexibility index (Phi) is 5.38. The molecule has 0 aromatic heterocycles. The van der Waals surface area contributed by atoms with Crippen molar-refractivity contribution >= 4 is 0 Å². The number of alkyl halides is 3. The second-order valence-corrected chi connectivity index (χ2v) is 7.00. The molecule has 1 nitrogen and oxygen atoms in total. The van der Waals surface area contributed by atoms with Crippen molar-refractivity contribution in [3.63, 3.8) is 0 Å². The van der Waals surface area contributed by atoms with Gasteiger partial charge in [0.25, 0.3) is 0 Å². The summed E-state index contributed by atoms with van der Waals surface area (Å²) in [5.74, 6) is -0.0359. The predicted octanol–water partition coefficient (Wildman–Crippen LogP) is 4.91. The van der Waals surface area contributed by atoms with E-state index in [0.29, 0.717) is 24.7 Å². The van der Waals surface area contributed by atoms with Gasteiger partial charge < -0.3 is 5.32 Å². The molecule has 4 unspecified atom stereocenters. The fraction of sp³-hybridized carbons (Fsp3) is 1.00. The van der Waals surface area contributed by atoms with Gasteiger partial charge in [-0.2, -0.15) is 13.2 Å². The predicted molar refractivity (Wildman–Crippen MR) is 75.5 cm³/mol. The van der Waals surface area contributed by atoms with E-state index in [0.717, 1.165) is 25.7 Å². The van der Waals surface area contributed by atoms with Gasteiger partial charge in [-0.15, -0.1) is 0 Å². The summed E-state index contributed by atoms with van der Waals surface area (Å²) in [7, 11) is 0. The topological polar surface area (TPSA) is 12.0 Å². The molecule has 2 rings (SSSR count). The molecule has 0 aromatic rings. The van der Waals surface area contributed by atoms with Crippen LogP contribution in [0.4, 0.5) is 13.2 Å². The van der Waals surface area contributed by atoms with Crippen LogP contribution in [-0.2, 0) is 0 Å². The normalized spacial score (nSPS) is 36.3. The van der Waals surface area contributed by atoms with Gasteiger partial charge >= 0.3 is 6.18 Å². The number of rotatable bonds is 3. The lowest BCUT2D eigenvalue weighted by Gasteiger charge is -2.41. The summed E-state index contributed by atoms with van der Waals surface area (Å²) in [4.78, 5) is 0. The summed E-state index contributed by atoms with van der Waals surface area (Å²) in [5, 5.41) is 3.43. The molecule has 2 saturated carbocycles. The van der Waals surface area contributed by atoms with Gasteiger partial charge in [0.15, 0.2) is 0 Å². The molecule has 0 bridgehead atoms. The average molecular weight is 291 g/mol. The van der Waals surface area contributed by atoms with Crippen LogP contribution < -0.4 is 5.32 Å². The number of halogens is 3. The standard InChI is InChI=1S/C16H28F3N/c1-11(2)12-7-3-5-9-14(12)20-15-10-6-4-8-13(15)16(17,18)19/h11-15,20H,3-10H2,1-2H3. The van der Waals surface area contributed by atoms with Crippen LogP contribution in [0.3, 0.4) is 0 Å². The minimum absolute atomic E-state index is 0.289. The highest BCUT2D eigenvalue weighted by molar-refractivity contribution is 4.91. The van der Waals surface area contributed by atoms with Crippen LogP contribution in [-0.4, -0.2) is 18.3 Å². The fourth-order valence-corrected chi connectivity index (χ4v) is 4.16. The summed E-state index contributed by atoms with van der Waals surface area (Å²) in [5.41, 5.74) is 0. The first kappa shape index (κ1) is 16.1. The molecule has 0 aliphatic heterocycles. The van der Waals surface area contributed by atoms with E-state index in [4.69, 9.17) is 0 Å². The fourth-order valence-electron chi connectivity index (χ4n) is 4.16. The highest BCUT2D eigenvalue weighted by Gasteiger charge is 2.46. The van der Waals surface area contributed by atoms with Crippen LogP contribution in [0.15, 0.2) is 0 Å². The first-order valence-electron chi connectivity index (χ1n) is 8.22. The molecule has 0 amide bonds. The Morgan fingerprint density at radius 3 is 2.00 bits per heavy atom. The van der Waals surface area contributed by atoms with E-state index in [9.17, 15) is 13.2 Å². The van der Waals surface area contributed by atoms with Crippen molar-refractivity contribution < 1.29 is 13.2 Å². The zero-order valence-electron chi connectivity index (χ0n) is 12.7. The quantitative estimate of drug-likeness (QED) is 0.779. The lowest BCUT2D eigenvalue weighted by atomic mass is 9.76. The lowest BCUT2D eigenvalue weighted by Crippen LogP contribution is -2.52. The Bertz CT molecular complexity index is 301. The maximum atomic E-state index is 13.2. The number of hydrogen-bond acceptors (Lipinski definition) is 1. The Hall–Kier alpha value is -0.250. The van der Waals surface area contributed by atoms with Gasteiger partial charge in [0.1, 0.15) is 0 Å². The van der Waals surface area contributed by atoms with Crippen molar-refractivity contribution in [2.45, 2.75) is 83.5 Å². The first-order chi connectivity index (χ1) is 9.39. The molecule has 2 fully saturated rings. The molecule has 0 aromatic carbocycles. The number of nitrogens with one attached hydrogen (secondary N) is 1. The second-order valence-electron chi connectivity index (χ2n) is 7.00. The third kappa shape index (κ3) is 3.90. The third-order valence-corrected chi connectivity index (χ3v) is 5.29. The van der Waals surface area contributed by atoms with Crippen LogP contribution in [0.25, 0.3) is 0 Å². The van der Waals surface area contributed by atoms with Crippen molar-refractivity contribution in [1.29, 1.82) is 0 Å². The van der Waals surface area contributed by atoms with Crippen molar-refractivity contribution in [2.24, 2.45) is 17.8 Å². The first-order valence-corrected chi connectivity index (χ1v) is 8.22. The Labute approximate surface area is 120 Å². The summed E-state index contributed by atoms with van der Waals surface area (Å²) in [6, 6.07) is -0.0650. The van der Waals surface area contributed by atoms with Crippen molar-refractivity contribution in [3.8, 4) is 0 Å². The van der Waals surface area contributed by atoms with E-state index in [1.54, 1.807) is 0 Å². The van der Waals surface area contributed by atoms with Gasteiger partial charge in [-0.05, 0) is 37.5 Å². The third-order valence-electron chi connectivity index (χ3n) is 5.29. The van der Waals surface area contributed by atoms with Crippen molar-refractivity contribution in [1.82, 2.24) is 5.32 Å². The van der Waals surface area contributed by atoms with E-state index < -0.39 is 12.1 Å². The smallest absolute Gasteiger partial charge is 0.310 e. The molecule has 0 saturated heterocycles. The maximum absolute atomic E-state index is 13.2. The van der Waals surface area contributed by atoms with Gasteiger partial charge in [0.2, 0.25) is 0 Å². The summed E-state index contributed by atoms with van der Waals surface area (Å²) in [6.07, 6.45) is 3.21. The van der Waals surface area contributed by atoms with E-state index >= 15 is 0 Å². The molecule has 4 atom stereocenters. The molecule has 4 heteroatoms. The van der Waals surface area contributed by atoms with Crippen molar-refractivity contribution in [2.75, 3.05) is 0 Å². The van der Waals surface area contributed by atoms with Gasteiger partial charge in [-0.25, -0.2) is 0 Å². The van der Waals surface area contributed by atoms with Crippen molar-refractivity contribution in [3.05, 3.63) is 0 Å². The zero-order valence-corrected chi connectivity index (χ0v) is 12.7. The minimum Gasteiger partial charge on any atom is -0.310 e. The molecule has 2 aliphatic rings. The van der Waals surface area contributed by atoms with Gasteiger partial charge in [0.05, 0.1) is 5.92 Å².